The van der Waals surface area contributed by atoms with Crippen LogP contribution in [0.4, 0.5) is 0 Å². The minimum atomic E-state index is -0.0854. The van der Waals surface area contributed by atoms with Gasteiger partial charge in [-0.2, -0.15) is 0 Å². The van der Waals surface area contributed by atoms with Crippen molar-refractivity contribution in [2.24, 2.45) is 5.73 Å². The van der Waals surface area contributed by atoms with E-state index in [4.69, 9.17) is 10.5 Å². The summed E-state index contributed by atoms with van der Waals surface area (Å²) in [5.74, 6) is 0.880. The van der Waals surface area contributed by atoms with E-state index in [1.165, 1.54) is 5.57 Å². The molecule has 1 rings (SSSR count). The zero-order valence-corrected chi connectivity index (χ0v) is 9.66. The van der Waals surface area contributed by atoms with E-state index in [2.05, 4.69) is 0 Å². The molecule has 0 saturated heterocycles. The van der Waals surface area contributed by atoms with Crippen LogP contribution in [0.5, 0.6) is 5.75 Å². The standard InChI is InChI=1S/C13H19NO/c1-4-15-13-8-6-5-7-11(13)12(14)9-10(2)3/h5-9,12H,4,14H2,1-3H3. The fourth-order valence-electron chi connectivity index (χ4n) is 1.49. The van der Waals surface area contributed by atoms with Gasteiger partial charge in [0.2, 0.25) is 0 Å². The Morgan fingerprint density at radius 2 is 2.07 bits per heavy atom. The number of benzene rings is 1. The van der Waals surface area contributed by atoms with Crippen LogP contribution in [0.15, 0.2) is 35.9 Å². The Kier molecular flexibility index (Phi) is 4.37. The smallest absolute Gasteiger partial charge is 0.124 e. The summed E-state index contributed by atoms with van der Waals surface area (Å²) in [6.45, 7) is 6.73. The average Bonchev–Trinajstić information content (AvgIpc) is 2.18. The summed E-state index contributed by atoms with van der Waals surface area (Å²) in [6.07, 6.45) is 2.04. The molecule has 2 N–H and O–H groups in total. The van der Waals surface area contributed by atoms with Crippen LogP contribution in [0.3, 0.4) is 0 Å². The van der Waals surface area contributed by atoms with E-state index in [0.717, 1.165) is 11.3 Å². The van der Waals surface area contributed by atoms with Crippen LogP contribution in [0.25, 0.3) is 0 Å². The van der Waals surface area contributed by atoms with Crippen molar-refractivity contribution in [3.8, 4) is 5.75 Å². The SMILES string of the molecule is CCOc1ccccc1C(N)C=C(C)C. The maximum Gasteiger partial charge on any atom is 0.124 e. The topological polar surface area (TPSA) is 35.2 Å². The number of hydrogen-bond donors (Lipinski definition) is 1. The van der Waals surface area contributed by atoms with Gasteiger partial charge in [0.15, 0.2) is 0 Å². The van der Waals surface area contributed by atoms with Gasteiger partial charge in [-0.05, 0) is 26.8 Å². The minimum absolute atomic E-state index is 0.0854. The van der Waals surface area contributed by atoms with Gasteiger partial charge in [0.1, 0.15) is 5.75 Å². The van der Waals surface area contributed by atoms with E-state index in [1.807, 2.05) is 51.1 Å². The molecule has 1 atom stereocenters. The third kappa shape index (κ3) is 3.40. The molecule has 15 heavy (non-hydrogen) atoms. The number of hydrogen-bond acceptors (Lipinski definition) is 2. The highest BCUT2D eigenvalue weighted by atomic mass is 16.5. The highest BCUT2D eigenvalue weighted by Crippen LogP contribution is 2.24. The lowest BCUT2D eigenvalue weighted by molar-refractivity contribution is 0.335. The number of allylic oxidation sites excluding steroid dienone is 1. The van der Waals surface area contributed by atoms with Gasteiger partial charge in [-0.3, -0.25) is 0 Å². The first-order valence-corrected chi connectivity index (χ1v) is 5.27. The summed E-state index contributed by atoms with van der Waals surface area (Å²) in [6, 6.07) is 7.82. The zero-order chi connectivity index (χ0) is 11.3. The van der Waals surface area contributed by atoms with Crippen molar-refractivity contribution in [2.75, 3.05) is 6.61 Å². The second-order valence-corrected chi connectivity index (χ2v) is 3.74. The average molecular weight is 205 g/mol. The summed E-state index contributed by atoms with van der Waals surface area (Å²) in [4.78, 5) is 0. The highest BCUT2D eigenvalue weighted by molar-refractivity contribution is 5.38. The van der Waals surface area contributed by atoms with E-state index in [1.54, 1.807) is 0 Å². The second-order valence-electron chi connectivity index (χ2n) is 3.74. The summed E-state index contributed by atoms with van der Waals surface area (Å²) in [5.41, 5.74) is 8.33. The molecule has 0 fully saturated rings. The first-order valence-electron chi connectivity index (χ1n) is 5.27. The second kappa shape index (κ2) is 5.56. The van der Waals surface area contributed by atoms with E-state index in [9.17, 15) is 0 Å². The van der Waals surface area contributed by atoms with Crippen LogP contribution in [-0.4, -0.2) is 6.61 Å². The van der Waals surface area contributed by atoms with Crippen molar-refractivity contribution in [1.29, 1.82) is 0 Å². The third-order valence-electron chi connectivity index (χ3n) is 2.09. The van der Waals surface area contributed by atoms with Gasteiger partial charge < -0.3 is 10.5 Å². The fraction of sp³-hybridized carbons (Fsp3) is 0.385. The maximum atomic E-state index is 6.07. The van der Waals surface area contributed by atoms with E-state index < -0.39 is 0 Å². The van der Waals surface area contributed by atoms with Crippen LogP contribution in [-0.2, 0) is 0 Å². The molecule has 1 aromatic rings. The van der Waals surface area contributed by atoms with E-state index in [0.29, 0.717) is 6.61 Å². The van der Waals surface area contributed by atoms with Gasteiger partial charge in [-0.1, -0.05) is 29.8 Å². The summed E-state index contributed by atoms with van der Waals surface area (Å²) >= 11 is 0. The van der Waals surface area contributed by atoms with Crippen molar-refractivity contribution in [1.82, 2.24) is 0 Å². The van der Waals surface area contributed by atoms with Gasteiger partial charge in [0.25, 0.3) is 0 Å². The zero-order valence-electron chi connectivity index (χ0n) is 9.66. The molecular weight excluding hydrogens is 186 g/mol. The third-order valence-corrected chi connectivity index (χ3v) is 2.09. The Morgan fingerprint density at radius 3 is 2.67 bits per heavy atom. The minimum Gasteiger partial charge on any atom is -0.494 e. The molecule has 0 aliphatic rings. The summed E-state index contributed by atoms with van der Waals surface area (Å²) < 4.78 is 5.53. The summed E-state index contributed by atoms with van der Waals surface area (Å²) in [7, 11) is 0. The van der Waals surface area contributed by atoms with Crippen molar-refractivity contribution in [2.45, 2.75) is 26.8 Å². The fourth-order valence-corrected chi connectivity index (χ4v) is 1.49. The van der Waals surface area contributed by atoms with Crippen molar-refractivity contribution in [3.05, 3.63) is 41.5 Å². The molecule has 0 spiro atoms. The number of rotatable bonds is 4. The molecule has 1 aromatic carbocycles. The van der Waals surface area contributed by atoms with Gasteiger partial charge in [0.05, 0.1) is 12.6 Å². The normalized spacial score (nSPS) is 12.0. The van der Waals surface area contributed by atoms with Gasteiger partial charge in [-0.15, -0.1) is 0 Å². The predicted octanol–water partition coefficient (Wildman–Crippen LogP) is 3.05. The Balaban J connectivity index is 2.96. The quantitative estimate of drug-likeness (QED) is 0.767. The van der Waals surface area contributed by atoms with Crippen molar-refractivity contribution in [3.63, 3.8) is 0 Å². The molecule has 0 saturated carbocycles. The first kappa shape index (κ1) is 11.8. The molecule has 0 bridgehead atoms. The summed E-state index contributed by atoms with van der Waals surface area (Å²) in [5, 5.41) is 0. The van der Waals surface area contributed by atoms with Crippen molar-refractivity contribution >= 4 is 0 Å². The molecule has 0 heterocycles. The lowest BCUT2D eigenvalue weighted by Crippen LogP contribution is -2.09. The number of nitrogens with two attached hydrogens (primary N) is 1. The van der Waals surface area contributed by atoms with Crippen LogP contribution < -0.4 is 10.5 Å². The molecule has 2 heteroatoms. The molecule has 2 nitrogen and oxygen atoms in total. The number of para-hydroxylation sites is 1. The van der Waals surface area contributed by atoms with E-state index >= 15 is 0 Å². The Hall–Kier alpha value is -1.28. The maximum absolute atomic E-state index is 6.07. The predicted molar refractivity (Wildman–Crippen MR) is 64.0 cm³/mol. The van der Waals surface area contributed by atoms with E-state index in [-0.39, 0.29) is 6.04 Å². The lowest BCUT2D eigenvalue weighted by Gasteiger charge is -2.13. The largest absolute Gasteiger partial charge is 0.494 e. The Labute approximate surface area is 91.7 Å². The molecule has 0 aliphatic heterocycles. The van der Waals surface area contributed by atoms with Gasteiger partial charge in [-0.25, -0.2) is 0 Å². The van der Waals surface area contributed by atoms with Crippen LogP contribution in [0, 0.1) is 0 Å². The first-order chi connectivity index (χ1) is 7.15. The van der Waals surface area contributed by atoms with Crippen LogP contribution in [0.2, 0.25) is 0 Å². The van der Waals surface area contributed by atoms with Gasteiger partial charge >= 0.3 is 0 Å². The van der Waals surface area contributed by atoms with Crippen LogP contribution >= 0.6 is 0 Å². The van der Waals surface area contributed by atoms with Gasteiger partial charge in [0, 0.05) is 5.56 Å². The molecular formula is C13H19NO. The Bertz CT molecular complexity index is 340. The van der Waals surface area contributed by atoms with Crippen molar-refractivity contribution < 1.29 is 4.74 Å². The molecule has 0 amide bonds. The monoisotopic (exact) mass is 205 g/mol. The molecule has 0 aliphatic carbocycles. The molecule has 0 aromatic heterocycles. The molecule has 1 unspecified atom stereocenters. The molecule has 82 valence electrons. The lowest BCUT2D eigenvalue weighted by atomic mass is 10.0. The highest BCUT2D eigenvalue weighted by Gasteiger charge is 2.08. The van der Waals surface area contributed by atoms with Crippen LogP contribution in [0.1, 0.15) is 32.4 Å². The number of ether oxygens (including phenoxy) is 1. The Morgan fingerprint density at radius 1 is 1.40 bits per heavy atom. The molecule has 0 radical (unpaired) electrons.